The monoisotopic (exact) mass is 278 g/mol. The highest BCUT2D eigenvalue weighted by Crippen LogP contribution is 2.06. The van der Waals surface area contributed by atoms with Gasteiger partial charge >= 0.3 is 5.97 Å². The van der Waals surface area contributed by atoms with Gasteiger partial charge in [0.05, 0.1) is 7.11 Å². The molecular weight excluding hydrogens is 256 g/mol. The van der Waals surface area contributed by atoms with Crippen molar-refractivity contribution in [1.82, 2.24) is 10.6 Å². The summed E-state index contributed by atoms with van der Waals surface area (Å²) in [6.07, 6.45) is 0.876. The average Bonchev–Trinajstić information content (AvgIpc) is 2.42. The number of benzene rings is 1. The number of methoxy groups -OCH3 is 1. The van der Waals surface area contributed by atoms with Crippen molar-refractivity contribution in [3.63, 3.8) is 0 Å². The van der Waals surface area contributed by atoms with Gasteiger partial charge in [0.25, 0.3) is 0 Å². The minimum Gasteiger partial charge on any atom is -0.467 e. The minimum atomic E-state index is -0.644. The van der Waals surface area contributed by atoms with Crippen molar-refractivity contribution in [2.24, 2.45) is 0 Å². The molecule has 0 spiro atoms. The van der Waals surface area contributed by atoms with Gasteiger partial charge in [-0.05, 0) is 31.0 Å². The first-order valence-electron chi connectivity index (χ1n) is 6.64. The van der Waals surface area contributed by atoms with Crippen LogP contribution in [0.15, 0.2) is 24.3 Å². The lowest BCUT2D eigenvalue weighted by molar-refractivity contribution is -0.144. The van der Waals surface area contributed by atoms with Crippen molar-refractivity contribution < 1.29 is 14.3 Å². The lowest BCUT2D eigenvalue weighted by atomic mass is 10.1. The highest BCUT2D eigenvalue weighted by Gasteiger charge is 2.19. The Kier molecular flexibility index (Phi) is 6.73. The second-order valence-corrected chi connectivity index (χ2v) is 4.66. The van der Waals surface area contributed by atoms with E-state index in [4.69, 9.17) is 0 Å². The topological polar surface area (TPSA) is 67.4 Å². The fourth-order valence-corrected chi connectivity index (χ4v) is 1.94. The summed E-state index contributed by atoms with van der Waals surface area (Å²) in [4.78, 5) is 22.5. The standard InChI is InChI=1S/C15H22N2O3/c1-11-6-4-5-7-13(11)8-9-16-10-14(15(19)20-3)17-12(2)18/h4-7,14,16H,8-10H2,1-3H3,(H,17,18). The molecule has 5 heteroatoms. The number of nitrogens with one attached hydrogen (secondary N) is 2. The Morgan fingerprint density at radius 1 is 1.30 bits per heavy atom. The number of esters is 1. The van der Waals surface area contributed by atoms with Crippen molar-refractivity contribution in [3.05, 3.63) is 35.4 Å². The maximum absolute atomic E-state index is 11.5. The molecule has 0 saturated heterocycles. The van der Waals surface area contributed by atoms with E-state index in [0.717, 1.165) is 13.0 Å². The molecular formula is C15H22N2O3. The molecule has 0 heterocycles. The summed E-state index contributed by atoms with van der Waals surface area (Å²) in [5, 5.41) is 5.73. The van der Waals surface area contributed by atoms with Gasteiger partial charge < -0.3 is 15.4 Å². The molecule has 2 N–H and O–H groups in total. The first-order valence-corrected chi connectivity index (χ1v) is 6.64. The summed E-state index contributed by atoms with van der Waals surface area (Å²) in [6, 6.07) is 7.54. The fraction of sp³-hybridized carbons (Fsp3) is 0.467. The van der Waals surface area contributed by atoms with Crippen molar-refractivity contribution in [2.45, 2.75) is 26.3 Å². The fourth-order valence-electron chi connectivity index (χ4n) is 1.94. The van der Waals surface area contributed by atoms with E-state index < -0.39 is 12.0 Å². The molecule has 0 saturated carbocycles. The first kappa shape index (κ1) is 16.2. The summed E-state index contributed by atoms with van der Waals surface area (Å²) in [5.74, 6) is -0.690. The maximum atomic E-state index is 11.5. The summed E-state index contributed by atoms with van der Waals surface area (Å²) in [5.41, 5.74) is 2.52. The minimum absolute atomic E-state index is 0.249. The third-order valence-corrected chi connectivity index (χ3v) is 3.04. The molecule has 0 fully saturated rings. The van der Waals surface area contributed by atoms with Crippen LogP contribution in [0.5, 0.6) is 0 Å². The Morgan fingerprint density at radius 2 is 2.00 bits per heavy atom. The van der Waals surface area contributed by atoms with Gasteiger partial charge in [-0.15, -0.1) is 0 Å². The molecule has 1 rings (SSSR count). The quantitative estimate of drug-likeness (QED) is 0.572. The van der Waals surface area contributed by atoms with E-state index in [1.54, 1.807) is 0 Å². The normalized spacial score (nSPS) is 11.8. The number of hydrogen-bond acceptors (Lipinski definition) is 4. The van der Waals surface area contributed by atoms with Crippen LogP contribution in [0.25, 0.3) is 0 Å². The van der Waals surface area contributed by atoms with Crippen LogP contribution < -0.4 is 10.6 Å². The summed E-state index contributed by atoms with van der Waals surface area (Å²) in [6.45, 7) is 4.54. The largest absolute Gasteiger partial charge is 0.467 e. The number of hydrogen-bond donors (Lipinski definition) is 2. The third kappa shape index (κ3) is 5.40. The van der Waals surface area contributed by atoms with E-state index in [-0.39, 0.29) is 5.91 Å². The molecule has 1 amide bonds. The number of ether oxygens (including phenoxy) is 1. The molecule has 0 aliphatic heterocycles. The van der Waals surface area contributed by atoms with Gasteiger partial charge in [0, 0.05) is 13.5 Å². The van der Waals surface area contributed by atoms with Crippen LogP contribution in [0.4, 0.5) is 0 Å². The van der Waals surface area contributed by atoms with Crippen LogP contribution in [0.2, 0.25) is 0 Å². The number of carbonyl (C=O) groups is 2. The Hall–Kier alpha value is -1.88. The summed E-state index contributed by atoms with van der Waals surface area (Å²) < 4.78 is 4.65. The highest BCUT2D eigenvalue weighted by atomic mass is 16.5. The van der Waals surface area contributed by atoms with Gasteiger partial charge in [0.1, 0.15) is 6.04 Å². The van der Waals surface area contributed by atoms with Crippen molar-refractivity contribution >= 4 is 11.9 Å². The molecule has 1 unspecified atom stereocenters. The third-order valence-electron chi connectivity index (χ3n) is 3.04. The van der Waals surface area contributed by atoms with Crippen molar-refractivity contribution in [3.8, 4) is 0 Å². The number of carbonyl (C=O) groups excluding carboxylic acids is 2. The molecule has 20 heavy (non-hydrogen) atoms. The van der Waals surface area contributed by atoms with Gasteiger partial charge in [-0.2, -0.15) is 0 Å². The van der Waals surface area contributed by atoms with Gasteiger partial charge in [-0.1, -0.05) is 24.3 Å². The molecule has 0 aromatic heterocycles. The van der Waals surface area contributed by atoms with Crippen LogP contribution in [0.1, 0.15) is 18.1 Å². The van der Waals surface area contributed by atoms with E-state index in [1.165, 1.54) is 25.2 Å². The summed E-state index contributed by atoms with van der Waals surface area (Å²) >= 11 is 0. The Labute approximate surface area is 119 Å². The Balaban J connectivity index is 2.39. The van der Waals surface area contributed by atoms with E-state index in [1.807, 2.05) is 12.1 Å². The van der Waals surface area contributed by atoms with Crippen LogP contribution in [-0.2, 0) is 20.7 Å². The van der Waals surface area contributed by atoms with Crippen LogP contribution in [-0.4, -0.2) is 38.1 Å². The van der Waals surface area contributed by atoms with E-state index in [2.05, 4.69) is 34.4 Å². The highest BCUT2D eigenvalue weighted by molar-refractivity contribution is 5.83. The number of rotatable bonds is 7. The van der Waals surface area contributed by atoms with Gasteiger partial charge in [0.2, 0.25) is 5.91 Å². The maximum Gasteiger partial charge on any atom is 0.329 e. The molecule has 0 aliphatic rings. The second-order valence-electron chi connectivity index (χ2n) is 4.66. The van der Waals surface area contributed by atoms with Crippen LogP contribution in [0, 0.1) is 6.92 Å². The first-order chi connectivity index (χ1) is 9.54. The Morgan fingerprint density at radius 3 is 2.60 bits per heavy atom. The zero-order valence-corrected chi connectivity index (χ0v) is 12.2. The van der Waals surface area contributed by atoms with E-state index in [9.17, 15) is 9.59 Å². The lowest BCUT2D eigenvalue weighted by Crippen LogP contribution is -2.47. The number of aryl methyl sites for hydroxylation is 1. The predicted molar refractivity (Wildman–Crippen MR) is 77.4 cm³/mol. The van der Waals surface area contributed by atoms with Crippen LogP contribution >= 0.6 is 0 Å². The molecule has 110 valence electrons. The SMILES string of the molecule is COC(=O)C(CNCCc1ccccc1C)NC(C)=O. The van der Waals surface area contributed by atoms with Gasteiger partial charge in [0.15, 0.2) is 0 Å². The molecule has 1 atom stereocenters. The predicted octanol–water partition coefficient (Wildman–Crippen LogP) is 0.805. The van der Waals surface area contributed by atoms with Crippen molar-refractivity contribution in [1.29, 1.82) is 0 Å². The zero-order chi connectivity index (χ0) is 15.0. The van der Waals surface area contributed by atoms with E-state index >= 15 is 0 Å². The van der Waals surface area contributed by atoms with Crippen LogP contribution in [0.3, 0.4) is 0 Å². The molecule has 0 aliphatic carbocycles. The second kappa shape index (κ2) is 8.32. The number of amides is 1. The molecule has 1 aromatic carbocycles. The van der Waals surface area contributed by atoms with Gasteiger partial charge in [-0.3, -0.25) is 4.79 Å². The average molecular weight is 278 g/mol. The van der Waals surface area contributed by atoms with Gasteiger partial charge in [-0.25, -0.2) is 4.79 Å². The Bertz CT molecular complexity index is 460. The molecule has 1 aromatic rings. The smallest absolute Gasteiger partial charge is 0.329 e. The van der Waals surface area contributed by atoms with E-state index in [0.29, 0.717) is 6.54 Å². The molecule has 0 bridgehead atoms. The molecule has 5 nitrogen and oxygen atoms in total. The lowest BCUT2D eigenvalue weighted by Gasteiger charge is -2.16. The zero-order valence-electron chi connectivity index (χ0n) is 12.2. The van der Waals surface area contributed by atoms with Crippen molar-refractivity contribution in [2.75, 3.05) is 20.2 Å². The molecule has 0 radical (unpaired) electrons. The summed E-state index contributed by atoms with van der Waals surface area (Å²) in [7, 11) is 1.31.